The molecule has 1 atom stereocenters. The monoisotopic (exact) mass is 349 g/mol. The van der Waals surface area contributed by atoms with E-state index in [0.717, 1.165) is 11.8 Å². The zero-order valence-electron chi connectivity index (χ0n) is 13.2. The number of nitrogens with zero attached hydrogens (tertiary/aromatic N) is 2. The predicted octanol–water partition coefficient (Wildman–Crippen LogP) is 3.21. The van der Waals surface area contributed by atoms with Crippen LogP contribution in [0.5, 0.6) is 0 Å². The first-order chi connectivity index (χ1) is 12.2. The summed E-state index contributed by atoms with van der Waals surface area (Å²) in [4.78, 5) is 33.5. The average Bonchev–Trinajstić information content (AvgIpc) is 2.69. The second-order valence-corrected chi connectivity index (χ2v) is 6.17. The molecule has 25 heavy (non-hydrogen) atoms. The van der Waals surface area contributed by atoms with Crippen molar-refractivity contribution in [2.75, 3.05) is 0 Å². The molecule has 1 heterocycles. The van der Waals surface area contributed by atoms with Crippen LogP contribution in [0.2, 0.25) is 0 Å². The van der Waals surface area contributed by atoms with Crippen molar-refractivity contribution in [2.45, 2.75) is 10.5 Å². The Labute approximate surface area is 149 Å². The van der Waals surface area contributed by atoms with E-state index < -0.39 is 5.37 Å². The number of thioether (sulfide) groups is 1. The third kappa shape index (κ3) is 4.51. The molecule has 3 aromatic rings. The summed E-state index contributed by atoms with van der Waals surface area (Å²) >= 11 is 1.11. The summed E-state index contributed by atoms with van der Waals surface area (Å²) in [6.07, 6.45) is 3.19. The van der Waals surface area contributed by atoms with Gasteiger partial charge in [-0.15, -0.1) is 0 Å². The highest BCUT2D eigenvalue weighted by Gasteiger charge is 2.24. The molecule has 0 spiro atoms. The van der Waals surface area contributed by atoms with Crippen LogP contribution in [0.25, 0.3) is 0 Å². The number of aromatic nitrogens is 2. The standard InChI is InChI=1S/C19H15N3O2S/c23-16(14-8-3-1-4-9-14)18(25-19-20-12-7-13-21-19)22-17(24)15-10-5-2-6-11-15/h1-13,18H,(H,22,24). The largest absolute Gasteiger partial charge is 0.333 e. The maximum Gasteiger partial charge on any atom is 0.252 e. The van der Waals surface area contributed by atoms with E-state index in [1.807, 2.05) is 12.1 Å². The molecule has 5 nitrogen and oxygen atoms in total. The smallest absolute Gasteiger partial charge is 0.252 e. The Kier molecular flexibility index (Phi) is 5.53. The van der Waals surface area contributed by atoms with Crippen LogP contribution in [0.15, 0.2) is 84.3 Å². The van der Waals surface area contributed by atoms with Gasteiger partial charge in [0.05, 0.1) is 0 Å². The van der Waals surface area contributed by atoms with E-state index in [0.29, 0.717) is 16.3 Å². The van der Waals surface area contributed by atoms with Crippen LogP contribution < -0.4 is 5.32 Å². The van der Waals surface area contributed by atoms with Crippen LogP contribution in [0.4, 0.5) is 0 Å². The summed E-state index contributed by atoms with van der Waals surface area (Å²) < 4.78 is 0. The van der Waals surface area contributed by atoms with Crippen molar-refractivity contribution < 1.29 is 9.59 Å². The van der Waals surface area contributed by atoms with Gasteiger partial charge in [0.25, 0.3) is 5.91 Å². The third-order valence-corrected chi connectivity index (χ3v) is 4.35. The second-order valence-electron chi connectivity index (χ2n) is 5.10. The number of benzene rings is 2. The van der Waals surface area contributed by atoms with Gasteiger partial charge in [-0.2, -0.15) is 0 Å². The van der Waals surface area contributed by atoms with Gasteiger partial charge in [-0.3, -0.25) is 9.59 Å². The van der Waals surface area contributed by atoms with Crippen LogP contribution >= 0.6 is 11.8 Å². The van der Waals surface area contributed by atoms with E-state index in [2.05, 4.69) is 15.3 Å². The minimum atomic E-state index is -0.822. The molecule has 0 bridgehead atoms. The molecule has 1 amide bonds. The first kappa shape index (κ1) is 16.9. The Morgan fingerprint density at radius 3 is 1.96 bits per heavy atom. The van der Waals surface area contributed by atoms with Crippen molar-refractivity contribution in [3.63, 3.8) is 0 Å². The van der Waals surface area contributed by atoms with E-state index in [4.69, 9.17) is 0 Å². The molecule has 0 saturated carbocycles. The minimum absolute atomic E-state index is 0.206. The number of rotatable bonds is 6. The fraction of sp³-hybridized carbons (Fsp3) is 0.0526. The van der Waals surface area contributed by atoms with Crippen LogP contribution in [0.3, 0.4) is 0 Å². The Balaban J connectivity index is 1.83. The number of carbonyl (C=O) groups excluding carboxylic acids is 2. The molecular formula is C19H15N3O2S. The van der Waals surface area contributed by atoms with Crippen molar-refractivity contribution in [3.05, 3.63) is 90.3 Å². The summed E-state index contributed by atoms with van der Waals surface area (Å²) in [6.45, 7) is 0. The molecule has 1 aromatic heterocycles. The number of hydrogen-bond donors (Lipinski definition) is 1. The summed E-state index contributed by atoms with van der Waals surface area (Å²) in [6, 6.07) is 19.3. The van der Waals surface area contributed by atoms with Gasteiger partial charge in [0.1, 0.15) is 5.37 Å². The van der Waals surface area contributed by atoms with E-state index in [9.17, 15) is 9.59 Å². The second kappa shape index (κ2) is 8.21. The van der Waals surface area contributed by atoms with E-state index in [1.165, 1.54) is 0 Å². The molecule has 0 aliphatic heterocycles. The molecule has 124 valence electrons. The van der Waals surface area contributed by atoms with Gasteiger partial charge in [0.2, 0.25) is 0 Å². The summed E-state index contributed by atoms with van der Waals surface area (Å²) in [5.74, 6) is -0.527. The van der Waals surface area contributed by atoms with Crippen molar-refractivity contribution in [1.29, 1.82) is 0 Å². The third-order valence-electron chi connectivity index (χ3n) is 3.36. The van der Waals surface area contributed by atoms with Crippen LogP contribution in [-0.2, 0) is 0 Å². The van der Waals surface area contributed by atoms with Gasteiger partial charge in [-0.05, 0) is 18.2 Å². The average molecular weight is 349 g/mol. The van der Waals surface area contributed by atoms with Crippen molar-refractivity contribution >= 4 is 23.5 Å². The maximum atomic E-state index is 12.8. The molecule has 6 heteroatoms. The first-order valence-electron chi connectivity index (χ1n) is 7.63. The fourth-order valence-corrected chi connectivity index (χ4v) is 3.01. The molecule has 0 fully saturated rings. The van der Waals surface area contributed by atoms with Crippen LogP contribution in [-0.4, -0.2) is 27.0 Å². The first-order valence-corrected chi connectivity index (χ1v) is 8.51. The van der Waals surface area contributed by atoms with Gasteiger partial charge in [0.15, 0.2) is 10.9 Å². The highest BCUT2D eigenvalue weighted by Crippen LogP contribution is 2.21. The Morgan fingerprint density at radius 2 is 1.36 bits per heavy atom. The Hall–Kier alpha value is -2.99. The quantitative estimate of drug-likeness (QED) is 0.320. The summed E-state index contributed by atoms with van der Waals surface area (Å²) in [5, 5.41) is 2.37. The number of amides is 1. The molecule has 3 rings (SSSR count). The predicted molar refractivity (Wildman–Crippen MR) is 96.4 cm³/mol. The van der Waals surface area contributed by atoms with E-state index in [-0.39, 0.29) is 11.7 Å². The van der Waals surface area contributed by atoms with Gasteiger partial charge >= 0.3 is 0 Å². The van der Waals surface area contributed by atoms with Gasteiger partial charge in [-0.1, -0.05) is 60.3 Å². The lowest BCUT2D eigenvalue weighted by Gasteiger charge is -2.16. The maximum absolute atomic E-state index is 12.8. The lowest BCUT2D eigenvalue weighted by atomic mass is 10.1. The Morgan fingerprint density at radius 1 is 0.800 bits per heavy atom. The zero-order valence-corrected chi connectivity index (χ0v) is 14.0. The van der Waals surface area contributed by atoms with Gasteiger partial charge in [0, 0.05) is 23.5 Å². The van der Waals surface area contributed by atoms with Crippen LogP contribution in [0.1, 0.15) is 20.7 Å². The fourth-order valence-electron chi connectivity index (χ4n) is 2.15. The summed E-state index contributed by atoms with van der Waals surface area (Å²) in [5.41, 5.74) is 1.01. The zero-order chi connectivity index (χ0) is 17.5. The SMILES string of the molecule is O=C(NC(Sc1ncccn1)C(=O)c1ccccc1)c1ccccc1. The number of ketones is 1. The lowest BCUT2D eigenvalue weighted by Crippen LogP contribution is -2.38. The Bertz CT molecular complexity index is 842. The topological polar surface area (TPSA) is 72.0 Å². The molecule has 2 aromatic carbocycles. The van der Waals surface area contributed by atoms with Crippen molar-refractivity contribution in [1.82, 2.24) is 15.3 Å². The van der Waals surface area contributed by atoms with Crippen LogP contribution in [0, 0.1) is 0 Å². The summed E-state index contributed by atoms with van der Waals surface area (Å²) in [7, 11) is 0. The van der Waals surface area contributed by atoms with Gasteiger partial charge in [-0.25, -0.2) is 9.97 Å². The molecule has 0 radical (unpaired) electrons. The molecule has 1 unspecified atom stereocenters. The number of carbonyl (C=O) groups is 2. The van der Waals surface area contributed by atoms with E-state index in [1.54, 1.807) is 67.0 Å². The van der Waals surface area contributed by atoms with E-state index >= 15 is 0 Å². The van der Waals surface area contributed by atoms with Crippen molar-refractivity contribution in [3.8, 4) is 0 Å². The number of Topliss-reactive ketones (excluding diaryl/α,β-unsaturated/α-hetero) is 1. The lowest BCUT2D eigenvalue weighted by molar-refractivity contribution is 0.0892. The molecule has 0 saturated heterocycles. The van der Waals surface area contributed by atoms with Gasteiger partial charge < -0.3 is 5.32 Å². The molecule has 1 N–H and O–H groups in total. The molecule has 0 aliphatic rings. The van der Waals surface area contributed by atoms with Crippen molar-refractivity contribution in [2.24, 2.45) is 0 Å². The highest BCUT2D eigenvalue weighted by atomic mass is 32.2. The minimum Gasteiger partial charge on any atom is -0.333 e. The molecule has 0 aliphatic carbocycles. The normalized spacial score (nSPS) is 11.5. The molecular weight excluding hydrogens is 334 g/mol. The number of hydrogen-bond acceptors (Lipinski definition) is 5. The number of nitrogens with one attached hydrogen (secondary N) is 1. The highest BCUT2D eigenvalue weighted by molar-refractivity contribution is 8.00.